The SMILES string of the molecule is O=C1OCCP1. The Morgan fingerprint density at radius 3 is 2.83 bits per heavy atom. The molecule has 1 saturated heterocycles. The summed E-state index contributed by atoms with van der Waals surface area (Å²) in [7, 11) is 0.421. The largest absolute Gasteiger partial charge is 0.462 e. The third-order valence-electron chi connectivity index (χ3n) is 0.605. The van der Waals surface area contributed by atoms with Gasteiger partial charge in [-0.3, -0.25) is 0 Å². The van der Waals surface area contributed by atoms with Crippen LogP contribution in [-0.2, 0) is 4.74 Å². The second-order valence-corrected chi connectivity index (χ2v) is 2.32. The molecule has 1 aliphatic rings. The Balaban J connectivity index is 2.37. The van der Waals surface area contributed by atoms with Crippen molar-refractivity contribution < 1.29 is 9.53 Å². The average Bonchev–Trinajstić information content (AvgIpc) is 1.86. The Hall–Kier alpha value is -0.100. The maximum atomic E-state index is 10.0. The Morgan fingerprint density at radius 2 is 2.67 bits per heavy atom. The van der Waals surface area contributed by atoms with Gasteiger partial charge in [0.2, 0.25) is 0 Å². The molecule has 2 nitrogen and oxygen atoms in total. The summed E-state index contributed by atoms with van der Waals surface area (Å²) >= 11 is 0. The molecule has 0 aromatic rings. The van der Waals surface area contributed by atoms with Gasteiger partial charge in [-0.25, -0.2) is 4.79 Å². The third-order valence-corrected chi connectivity index (χ3v) is 1.49. The molecule has 1 rings (SSSR count). The van der Waals surface area contributed by atoms with Gasteiger partial charge in [-0.05, 0) is 8.58 Å². The van der Waals surface area contributed by atoms with E-state index in [4.69, 9.17) is 0 Å². The summed E-state index contributed by atoms with van der Waals surface area (Å²) in [6.45, 7) is 0.650. The summed E-state index contributed by atoms with van der Waals surface area (Å²) in [5, 5.41) is 0. The zero-order valence-electron chi connectivity index (χ0n) is 3.23. The van der Waals surface area contributed by atoms with Crippen LogP contribution in [0.3, 0.4) is 0 Å². The number of hydrogen-bond donors (Lipinski definition) is 0. The van der Waals surface area contributed by atoms with Crippen molar-refractivity contribution >= 4 is 14.3 Å². The fourth-order valence-electron chi connectivity index (χ4n) is 0.348. The van der Waals surface area contributed by atoms with Crippen molar-refractivity contribution in [1.29, 1.82) is 0 Å². The van der Waals surface area contributed by atoms with E-state index in [0.717, 1.165) is 6.16 Å². The second-order valence-electron chi connectivity index (χ2n) is 1.06. The van der Waals surface area contributed by atoms with E-state index in [0.29, 0.717) is 15.2 Å². The van der Waals surface area contributed by atoms with Gasteiger partial charge in [0.25, 0.3) is 0 Å². The third kappa shape index (κ3) is 0.689. The van der Waals surface area contributed by atoms with E-state index in [1.165, 1.54) is 0 Å². The first kappa shape index (κ1) is 4.07. The van der Waals surface area contributed by atoms with Gasteiger partial charge in [-0.1, -0.05) is 0 Å². The first-order chi connectivity index (χ1) is 2.89. The topological polar surface area (TPSA) is 26.3 Å². The molecule has 1 aliphatic heterocycles. The summed E-state index contributed by atoms with van der Waals surface area (Å²) in [4.78, 5) is 10.0. The lowest BCUT2D eigenvalue weighted by atomic mass is 10.9. The summed E-state index contributed by atoms with van der Waals surface area (Å²) in [5.74, 6) is 0. The molecule has 3 heteroatoms. The molecule has 0 radical (unpaired) electrons. The number of ether oxygens (including phenoxy) is 1. The smallest absolute Gasteiger partial charge is 0.323 e. The fourth-order valence-corrected chi connectivity index (χ4v) is 0.960. The first-order valence-electron chi connectivity index (χ1n) is 1.80. The van der Waals surface area contributed by atoms with Crippen molar-refractivity contribution in [3.8, 4) is 0 Å². The van der Waals surface area contributed by atoms with Crippen LogP contribution in [0.5, 0.6) is 0 Å². The molecule has 6 heavy (non-hydrogen) atoms. The number of carbonyl (C=O) groups excluding carboxylic acids is 1. The van der Waals surface area contributed by atoms with Gasteiger partial charge in [0, 0.05) is 6.16 Å². The number of carbonyl (C=O) groups is 1. The molecule has 1 fully saturated rings. The van der Waals surface area contributed by atoms with Crippen LogP contribution in [0.4, 0.5) is 4.79 Å². The minimum Gasteiger partial charge on any atom is -0.462 e. The lowest BCUT2D eigenvalue weighted by Gasteiger charge is -1.80. The molecule has 34 valence electrons. The zero-order chi connectivity index (χ0) is 4.41. The van der Waals surface area contributed by atoms with Crippen LogP contribution < -0.4 is 0 Å². The predicted octanol–water partition coefficient (Wildman–Crippen LogP) is 0.815. The van der Waals surface area contributed by atoms with Gasteiger partial charge in [0.1, 0.15) is 0 Å². The lowest BCUT2D eigenvalue weighted by molar-refractivity contribution is 0.188. The molecule has 0 aliphatic carbocycles. The number of rotatable bonds is 0. The Kier molecular flexibility index (Phi) is 1.06. The van der Waals surface area contributed by atoms with Crippen LogP contribution in [0, 0.1) is 0 Å². The first-order valence-corrected chi connectivity index (χ1v) is 3.01. The molecule has 0 N–H and O–H groups in total. The summed E-state index contributed by atoms with van der Waals surface area (Å²) in [5.41, 5.74) is -0.0185. The van der Waals surface area contributed by atoms with Crippen molar-refractivity contribution in [2.24, 2.45) is 0 Å². The van der Waals surface area contributed by atoms with E-state index in [-0.39, 0.29) is 5.71 Å². The predicted molar refractivity (Wildman–Crippen MR) is 24.5 cm³/mol. The van der Waals surface area contributed by atoms with Gasteiger partial charge in [-0.15, -0.1) is 0 Å². The second kappa shape index (κ2) is 1.57. The van der Waals surface area contributed by atoms with Crippen LogP contribution >= 0.6 is 8.58 Å². The fraction of sp³-hybridized carbons (Fsp3) is 0.667. The Morgan fingerprint density at radius 1 is 1.83 bits per heavy atom. The highest BCUT2D eigenvalue weighted by molar-refractivity contribution is 7.57. The van der Waals surface area contributed by atoms with Crippen LogP contribution in [0.15, 0.2) is 0 Å². The maximum Gasteiger partial charge on any atom is 0.323 e. The van der Waals surface area contributed by atoms with Gasteiger partial charge in [0.15, 0.2) is 0 Å². The average molecular weight is 104 g/mol. The summed E-state index contributed by atoms with van der Waals surface area (Å²) < 4.78 is 4.53. The number of hydrogen-bond acceptors (Lipinski definition) is 2. The highest BCUT2D eigenvalue weighted by Gasteiger charge is 2.08. The normalized spacial score (nSPS) is 25.0. The van der Waals surface area contributed by atoms with Crippen LogP contribution in [0.25, 0.3) is 0 Å². The van der Waals surface area contributed by atoms with Gasteiger partial charge in [-0.2, -0.15) is 0 Å². The van der Waals surface area contributed by atoms with Crippen LogP contribution in [0.2, 0.25) is 0 Å². The highest BCUT2D eigenvalue weighted by atomic mass is 31.1. The van der Waals surface area contributed by atoms with Crippen LogP contribution in [0.1, 0.15) is 0 Å². The van der Waals surface area contributed by atoms with E-state index in [1.807, 2.05) is 0 Å². The molecule has 1 heterocycles. The molecular weight excluding hydrogens is 99.0 g/mol. The van der Waals surface area contributed by atoms with Crippen molar-refractivity contribution in [2.45, 2.75) is 0 Å². The van der Waals surface area contributed by atoms with Crippen molar-refractivity contribution in [3.05, 3.63) is 0 Å². The zero-order valence-corrected chi connectivity index (χ0v) is 4.23. The van der Waals surface area contributed by atoms with Crippen molar-refractivity contribution in [3.63, 3.8) is 0 Å². The van der Waals surface area contributed by atoms with Gasteiger partial charge >= 0.3 is 5.71 Å². The summed E-state index contributed by atoms with van der Waals surface area (Å²) in [6.07, 6.45) is 0.943. The molecule has 0 bridgehead atoms. The van der Waals surface area contributed by atoms with E-state index in [1.54, 1.807) is 0 Å². The molecule has 0 aromatic heterocycles. The van der Waals surface area contributed by atoms with E-state index in [2.05, 4.69) is 4.74 Å². The standard InChI is InChI=1S/C3H5O2P/c4-3-5-1-2-6-3/h6H,1-2H2. The van der Waals surface area contributed by atoms with Crippen LogP contribution in [-0.4, -0.2) is 18.5 Å². The van der Waals surface area contributed by atoms with E-state index < -0.39 is 0 Å². The Labute approximate surface area is 37.7 Å². The van der Waals surface area contributed by atoms with Crippen molar-refractivity contribution in [1.82, 2.24) is 0 Å². The molecule has 0 amide bonds. The molecule has 0 aromatic carbocycles. The molecule has 0 spiro atoms. The minimum atomic E-state index is -0.0185. The maximum absolute atomic E-state index is 10.0. The monoisotopic (exact) mass is 104 g/mol. The quantitative estimate of drug-likeness (QED) is 0.425. The molecular formula is C3H5O2P. The van der Waals surface area contributed by atoms with Crippen molar-refractivity contribution in [2.75, 3.05) is 12.8 Å². The van der Waals surface area contributed by atoms with Gasteiger partial charge in [0.05, 0.1) is 6.61 Å². The lowest BCUT2D eigenvalue weighted by Crippen LogP contribution is -1.83. The van der Waals surface area contributed by atoms with Gasteiger partial charge < -0.3 is 4.74 Å². The highest BCUT2D eigenvalue weighted by Crippen LogP contribution is 2.19. The Bertz CT molecular complexity index is 63.2. The minimum absolute atomic E-state index is 0.0185. The molecule has 0 saturated carbocycles. The van der Waals surface area contributed by atoms with E-state index in [9.17, 15) is 4.79 Å². The van der Waals surface area contributed by atoms with E-state index >= 15 is 0 Å². The number of cyclic esters (lactones) is 1. The molecule has 1 atom stereocenters. The summed E-state index contributed by atoms with van der Waals surface area (Å²) in [6, 6.07) is 0. The molecule has 1 unspecified atom stereocenters.